The van der Waals surface area contributed by atoms with Crippen LogP contribution in [0.4, 0.5) is 11.4 Å². The number of nitrogens with one attached hydrogen (secondary N) is 2. The Hall–Kier alpha value is -3.09. The fraction of sp³-hybridized carbons (Fsp3) is 0.435. The predicted octanol–water partition coefficient (Wildman–Crippen LogP) is 4.57. The highest BCUT2D eigenvalue weighted by molar-refractivity contribution is 5.96. The van der Waals surface area contributed by atoms with Crippen LogP contribution in [0, 0.1) is 0 Å². The van der Waals surface area contributed by atoms with E-state index in [1.165, 1.54) is 6.42 Å². The molecule has 0 radical (unpaired) electrons. The molecule has 2 aromatic rings. The van der Waals surface area contributed by atoms with Gasteiger partial charge in [0.25, 0.3) is 5.79 Å². The number of ether oxygens (including phenoxy) is 4. The Morgan fingerprint density at radius 3 is 2.37 bits per heavy atom. The van der Waals surface area contributed by atoms with Crippen molar-refractivity contribution < 1.29 is 23.7 Å². The number of benzene rings is 2. The highest BCUT2D eigenvalue weighted by Gasteiger charge is 2.42. The van der Waals surface area contributed by atoms with Crippen molar-refractivity contribution >= 4 is 17.3 Å². The molecular formula is C23H28N2O5. The smallest absolute Gasteiger partial charge is 0.251 e. The normalized spacial score (nSPS) is 17.3. The minimum atomic E-state index is -0.504. The summed E-state index contributed by atoms with van der Waals surface area (Å²) in [6, 6.07) is 10.5. The molecule has 2 aromatic carbocycles. The Bertz CT molecular complexity index is 924. The van der Waals surface area contributed by atoms with Gasteiger partial charge < -0.3 is 29.6 Å². The molecule has 30 heavy (non-hydrogen) atoms. The lowest BCUT2D eigenvalue weighted by molar-refractivity contribution is -0.116. The van der Waals surface area contributed by atoms with Gasteiger partial charge in [0.1, 0.15) is 6.04 Å². The molecule has 2 aliphatic rings. The second-order valence-corrected chi connectivity index (χ2v) is 7.76. The third-order valence-corrected chi connectivity index (χ3v) is 5.58. The molecule has 7 nitrogen and oxygen atoms in total. The van der Waals surface area contributed by atoms with Crippen LogP contribution in [0.1, 0.15) is 39.0 Å². The Morgan fingerprint density at radius 1 is 0.933 bits per heavy atom. The molecule has 0 aromatic heterocycles. The van der Waals surface area contributed by atoms with Gasteiger partial charge in [-0.25, -0.2) is 0 Å². The second kappa shape index (κ2) is 8.34. The quantitative estimate of drug-likeness (QED) is 0.723. The number of hydrogen-bond acceptors (Lipinski definition) is 6. The lowest BCUT2D eigenvalue weighted by Gasteiger charge is -2.31. The van der Waals surface area contributed by atoms with Gasteiger partial charge in [0.2, 0.25) is 5.91 Å². The topological polar surface area (TPSA) is 78.1 Å². The zero-order valence-corrected chi connectivity index (χ0v) is 17.6. The van der Waals surface area contributed by atoms with Gasteiger partial charge in [0.05, 0.1) is 14.2 Å². The maximum absolute atomic E-state index is 12.6. The van der Waals surface area contributed by atoms with Crippen molar-refractivity contribution in [1.82, 2.24) is 0 Å². The van der Waals surface area contributed by atoms with E-state index >= 15 is 0 Å². The first-order valence-electron chi connectivity index (χ1n) is 10.3. The van der Waals surface area contributed by atoms with Crippen molar-refractivity contribution in [3.8, 4) is 23.0 Å². The molecule has 160 valence electrons. The van der Waals surface area contributed by atoms with E-state index in [1.54, 1.807) is 32.4 Å². The lowest BCUT2D eigenvalue weighted by Crippen LogP contribution is -2.40. The minimum Gasteiger partial charge on any atom is -0.493 e. The van der Waals surface area contributed by atoms with Crippen LogP contribution in [0.5, 0.6) is 23.0 Å². The molecule has 1 fully saturated rings. The number of carbonyl (C=O) groups is 1. The summed E-state index contributed by atoms with van der Waals surface area (Å²) < 4.78 is 22.8. The molecule has 1 spiro atoms. The van der Waals surface area contributed by atoms with E-state index in [4.69, 9.17) is 18.9 Å². The summed E-state index contributed by atoms with van der Waals surface area (Å²) in [6.45, 7) is 1.81. The fourth-order valence-electron chi connectivity index (χ4n) is 3.96. The number of fused-ring (bicyclic) bond motifs is 1. The Morgan fingerprint density at radius 2 is 1.63 bits per heavy atom. The van der Waals surface area contributed by atoms with Gasteiger partial charge in [-0.15, -0.1) is 0 Å². The largest absolute Gasteiger partial charge is 0.493 e. The van der Waals surface area contributed by atoms with Crippen LogP contribution < -0.4 is 29.6 Å². The van der Waals surface area contributed by atoms with Gasteiger partial charge in [-0.3, -0.25) is 4.79 Å². The number of anilines is 2. The van der Waals surface area contributed by atoms with E-state index in [1.807, 2.05) is 25.1 Å². The van der Waals surface area contributed by atoms with E-state index in [2.05, 4.69) is 10.6 Å². The molecule has 0 bridgehead atoms. The molecular weight excluding hydrogens is 384 g/mol. The fourth-order valence-corrected chi connectivity index (χ4v) is 3.96. The van der Waals surface area contributed by atoms with Crippen LogP contribution in [-0.4, -0.2) is 32.0 Å². The van der Waals surface area contributed by atoms with Gasteiger partial charge in [0.15, 0.2) is 23.0 Å². The molecule has 1 saturated carbocycles. The predicted molar refractivity (Wildman–Crippen MR) is 115 cm³/mol. The Labute approximate surface area is 176 Å². The average molecular weight is 412 g/mol. The molecule has 2 N–H and O–H groups in total. The molecule has 1 aliphatic carbocycles. The van der Waals surface area contributed by atoms with Gasteiger partial charge in [-0.1, -0.05) is 6.42 Å². The van der Waals surface area contributed by atoms with E-state index in [0.717, 1.165) is 42.9 Å². The SMILES string of the molecule is COc1ccc(NC(=O)C(C)Nc2ccc3c(c2)OC2(CCCCC2)O3)cc1OC. The van der Waals surface area contributed by atoms with E-state index < -0.39 is 11.8 Å². The summed E-state index contributed by atoms with van der Waals surface area (Å²) in [6.07, 6.45) is 5.28. The van der Waals surface area contributed by atoms with Crippen LogP contribution >= 0.6 is 0 Å². The van der Waals surface area contributed by atoms with Gasteiger partial charge in [-0.2, -0.15) is 0 Å². The van der Waals surface area contributed by atoms with Crippen molar-refractivity contribution in [1.29, 1.82) is 0 Å². The van der Waals surface area contributed by atoms with Crippen molar-refractivity contribution in [2.75, 3.05) is 24.9 Å². The van der Waals surface area contributed by atoms with Gasteiger partial charge >= 0.3 is 0 Å². The van der Waals surface area contributed by atoms with E-state index in [-0.39, 0.29) is 5.91 Å². The van der Waals surface area contributed by atoms with Crippen LogP contribution in [0.2, 0.25) is 0 Å². The maximum Gasteiger partial charge on any atom is 0.251 e. The first-order chi connectivity index (χ1) is 14.5. The van der Waals surface area contributed by atoms with Gasteiger partial charge in [-0.05, 0) is 44.0 Å². The Kier molecular flexibility index (Phi) is 5.61. The summed E-state index contributed by atoms with van der Waals surface area (Å²) in [7, 11) is 3.13. The minimum absolute atomic E-state index is 0.163. The maximum atomic E-state index is 12.6. The summed E-state index contributed by atoms with van der Waals surface area (Å²) in [4.78, 5) is 12.6. The molecule has 1 amide bonds. The van der Waals surface area contributed by atoms with Crippen LogP contribution in [-0.2, 0) is 4.79 Å². The van der Waals surface area contributed by atoms with Crippen molar-refractivity contribution in [3.05, 3.63) is 36.4 Å². The highest BCUT2D eigenvalue weighted by atomic mass is 16.7. The first kappa shape index (κ1) is 20.2. The molecule has 1 aliphatic heterocycles. The summed E-state index contributed by atoms with van der Waals surface area (Å²) in [5, 5.41) is 6.12. The third-order valence-electron chi connectivity index (χ3n) is 5.58. The lowest BCUT2D eigenvalue weighted by atomic mass is 9.94. The number of carbonyl (C=O) groups excluding carboxylic acids is 1. The molecule has 7 heteroatoms. The Balaban J connectivity index is 1.39. The zero-order valence-electron chi connectivity index (χ0n) is 17.6. The summed E-state index contributed by atoms with van der Waals surface area (Å²) in [5.74, 6) is 2.00. The average Bonchev–Trinajstić information content (AvgIpc) is 3.10. The highest BCUT2D eigenvalue weighted by Crippen LogP contribution is 2.46. The number of amides is 1. The van der Waals surface area contributed by atoms with Crippen molar-refractivity contribution in [3.63, 3.8) is 0 Å². The van der Waals surface area contributed by atoms with Crippen LogP contribution in [0.25, 0.3) is 0 Å². The van der Waals surface area contributed by atoms with Crippen LogP contribution in [0.15, 0.2) is 36.4 Å². The summed E-state index contributed by atoms with van der Waals surface area (Å²) >= 11 is 0. The van der Waals surface area contributed by atoms with Crippen molar-refractivity contribution in [2.24, 2.45) is 0 Å². The number of rotatable bonds is 6. The van der Waals surface area contributed by atoms with Crippen molar-refractivity contribution in [2.45, 2.75) is 50.9 Å². The first-order valence-corrected chi connectivity index (χ1v) is 10.3. The molecule has 1 atom stereocenters. The molecule has 0 saturated heterocycles. The number of methoxy groups -OCH3 is 2. The third kappa shape index (κ3) is 4.10. The monoisotopic (exact) mass is 412 g/mol. The number of hydrogen-bond donors (Lipinski definition) is 2. The van der Waals surface area contributed by atoms with E-state index in [9.17, 15) is 4.79 Å². The second-order valence-electron chi connectivity index (χ2n) is 7.76. The zero-order chi connectivity index (χ0) is 21.1. The van der Waals surface area contributed by atoms with Gasteiger partial charge in [0, 0.05) is 36.3 Å². The molecule has 4 rings (SSSR count). The van der Waals surface area contributed by atoms with Crippen LogP contribution in [0.3, 0.4) is 0 Å². The summed E-state index contributed by atoms with van der Waals surface area (Å²) in [5.41, 5.74) is 1.44. The molecule has 1 heterocycles. The van der Waals surface area contributed by atoms with E-state index in [0.29, 0.717) is 17.2 Å². The standard InChI is InChI=1S/C23H28N2O5/c1-15(22(26)25-17-7-9-18(27-2)20(13-17)28-3)24-16-8-10-19-21(14-16)30-23(29-19)11-5-4-6-12-23/h7-10,13-15,24H,4-6,11-12H2,1-3H3,(H,25,26). The molecule has 1 unspecified atom stereocenters.